The van der Waals surface area contributed by atoms with Gasteiger partial charge in [0.15, 0.2) is 5.13 Å². The Morgan fingerprint density at radius 1 is 1.23 bits per heavy atom. The Hall–Kier alpha value is -2.15. The number of nitrogens with zero attached hydrogens (tertiary/aromatic N) is 1. The molecule has 0 saturated carbocycles. The number of hydrogen-bond donors (Lipinski definition) is 1. The highest BCUT2D eigenvalue weighted by atomic mass is 35.5. The Balaban J connectivity index is 1.86. The van der Waals surface area contributed by atoms with E-state index < -0.39 is 11.7 Å². The number of thiazole rings is 1. The van der Waals surface area contributed by atoms with E-state index in [-0.39, 0.29) is 15.6 Å². The zero-order chi connectivity index (χ0) is 18.8. The van der Waals surface area contributed by atoms with Crippen molar-refractivity contribution < 1.29 is 13.9 Å². The highest BCUT2D eigenvalue weighted by Gasteiger charge is 2.17. The number of rotatable bonds is 4. The van der Waals surface area contributed by atoms with Crippen molar-refractivity contribution in [2.45, 2.75) is 6.92 Å². The first kappa shape index (κ1) is 18.6. The van der Waals surface area contributed by atoms with Gasteiger partial charge in [0.1, 0.15) is 11.6 Å². The summed E-state index contributed by atoms with van der Waals surface area (Å²) in [4.78, 5) is 16.8. The summed E-state index contributed by atoms with van der Waals surface area (Å²) >= 11 is 12.9. The number of aryl methyl sites for hydroxylation is 1. The number of ether oxygens (including phenoxy) is 1. The highest BCUT2D eigenvalue weighted by Crippen LogP contribution is 2.33. The van der Waals surface area contributed by atoms with Crippen LogP contribution in [0.4, 0.5) is 9.52 Å². The molecular formula is C18H13Cl2FN2O2S. The minimum absolute atomic E-state index is 0.0153. The van der Waals surface area contributed by atoms with Crippen molar-refractivity contribution in [3.63, 3.8) is 0 Å². The summed E-state index contributed by atoms with van der Waals surface area (Å²) < 4.78 is 19.0. The average molecular weight is 411 g/mol. The van der Waals surface area contributed by atoms with Gasteiger partial charge in [0, 0.05) is 10.9 Å². The Kier molecular flexibility index (Phi) is 5.46. The first-order chi connectivity index (χ1) is 12.4. The molecule has 1 heterocycles. The molecule has 8 heteroatoms. The van der Waals surface area contributed by atoms with Crippen molar-refractivity contribution in [1.29, 1.82) is 0 Å². The lowest BCUT2D eigenvalue weighted by atomic mass is 10.1. The smallest absolute Gasteiger partial charge is 0.259 e. The van der Waals surface area contributed by atoms with Crippen LogP contribution in [-0.4, -0.2) is 18.0 Å². The largest absolute Gasteiger partial charge is 0.496 e. The van der Waals surface area contributed by atoms with Gasteiger partial charge in [0.2, 0.25) is 0 Å². The van der Waals surface area contributed by atoms with E-state index in [9.17, 15) is 9.18 Å². The molecule has 0 aliphatic rings. The zero-order valence-corrected chi connectivity index (χ0v) is 16.1. The van der Waals surface area contributed by atoms with E-state index in [1.54, 1.807) is 12.5 Å². The molecule has 26 heavy (non-hydrogen) atoms. The molecule has 0 unspecified atom stereocenters. The van der Waals surface area contributed by atoms with E-state index in [1.807, 2.05) is 25.1 Å². The van der Waals surface area contributed by atoms with Crippen LogP contribution < -0.4 is 10.1 Å². The van der Waals surface area contributed by atoms with E-state index in [0.717, 1.165) is 17.2 Å². The second-order valence-electron chi connectivity index (χ2n) is 5.44. The van der Waals surface area contributed by atoms with Gasteiger partial charge in [-0.2, -0.15) is 0 Å². The van der Waals surface area contributed by atoms with Crippen LogP contribution in [0.15, 0.2) is 35.7 Å². The third-order valence-electron chi connectivity index (χ3n) is 3.61. The minimum atomic E-state index is -0.717. The molecular weight excluding hydrogens is 398 g/mol. The first-order valence-electron chi connectivity index (χ1n) is 7.45. The topological polar surface area (TPSA) is 51.2 Å². The predicted octanol–water partition coefficient (Wildman–Crippen LogP) is 5.83. The molecule has 2 aromatic carbocycles. The molecule has 1 amide bonds. The van der Waals surface area contributed by atoms with Crippen LogP contribution in [0, 0.1) is 12.7 Å². The van der Waals surface area contributed by atoms with Crippen LogP contribution in [0.3, 0.4) is 0 Å². The van der Waals surface area contributed by atoms with E-state index in [0.29, 0.717) is 16.6 Å². The number of carbonyl (C=O) groups excluding carboxylic acids is 1. The molecule has 3 rings (SSSR count). The van der Waals surface area contributed by atoms with Crippen LogP contribution in [0.25, 0.3) is 11.3 Å². The number of halogens is 3. The molecule has 3 aromatic rings. The van der Waals surface area contributed by atoms with Crippen molar-refractivity contribution in [2.24, 2.45) is 0 Å². The van der Waals surface area contributed by atoms with Crippen molar-refractivity contribution in [3.8, 4) is 17.0 Å². The van der Waals surface area contributed by atoms with Crippen LogP contribution in [0.1, 0.15) is 15.9 Å². The summed E-state index contributed by atoms with van der Waals surface area (Å²) in [5, 5.41) is 4.70. The molecule has 134 valence electrons. The minimum Gasteiger partial charge on any atom is -0.496 e. The average Bonchev–Trinajstić information content (AvgIpc) is 3.06. The lowest BCUT2D eigenvalue weighted by molar-refractivity contribution is 0.102. The van der Waals surface area contributed by atoms with Gasteiger partial charge in [-0.25, -0.2) is 9.37 Å². The summed E-state index contributed by atoms with van der Waals surface area (Å²) in [6, 6.07) is 7.94. The normalized spacial score (nSPS) is 10.7. The molecule has 0 radical (unpaired) electrons. The fourth-order valence-electron chi connectivity index (χ4n) is 2.34. The summed E-state index contributed by atoms with van der Waals surface area (Å²) in [5.41, 5.74) is 2.53. The number of carbonyl (C=O) groups is 1. The quantitative estimate of drug-likeness (QED) is 0.550. The summed E-state index contributed by atoms with van der Waals surface area (Å²) in [6.45, 7) is 1.97. The van der Waals surface area contributed by atoms with E-state index in [2.05, 4.69) is 10.3 Å². The SMILES string of the molecule is COc1ccc(C)cc1-c1csc(NC(=O)c2cc(F)c(Cl)cc2Cl)n1. The summed E-state index contributed by atoms with van der Waals surface area (Å²) in [6.07, 6.45) is 0. The highest BCUT2D eigenvalue weighted by molar-refractivity contribution is 7.14. The molecule has 0 saturated heterocycles. The van der Waals surface area contributed by atoms with Gasteiger partial charge in [0.25, 0.3) is 5.91 Å². The molecule has 0 aliphatic carbocycles. The maximum atomic E-state index is 13.6. The summed E-state index contributed by atoms with van der Waals surface area (Å²) in [7, 11) is 1.58. The van der Waals surface area contributed by atoms with Crippen LogP contribution >= 0.6 is 34.5 Å². The maximum Gasteiger partial charge on any atom is 0.259 e. The fourth-order valence-corrected chi connectivity index (χ4v) is 3.51. The number of benzene rings is 2. The molecule has 1 aromatic heterocycles. The van der Waals surface area contributed by atoms with Gasteiger partial charge < -0.3 is 4.74 Å². The number of methoxy groups -OCH3 is 1. The van der Waals surface area contributed by atoms with Crippen LogP contribution in [0.5, 0.6) is 5.75 Å². The van der Waals surface area contributed by atoms with Crippen molar-refractivity contribution in [2.75, 3.05) is 12.4 Å². The van der Waals surface area contributed by atoms with Crippen molar-refractivity contribution in [1.82, 2.24) is 4.98 Å². The molecule has 4 nitrogen and oxygen atoms in total. The molecule has 1 N–H and O–H groups in total. The van der Waals surface area contributed by atoms with Gasteiger partial charge in [-0.3, -0.25) is 10.1 Å². The van der Waals surface area contributed by atoms with Gasteiger partial charge >= 0.3 is 0 Å². The second-order valence-corrected chi connectivity index (χ2v) is 7.11. The Labute approximate surface area is 163 Å². The number of aromatic nitrogens is 1. The number of amides is 1. The van der Waals surface area contributed by atoms with Gasteiger partial charge in [-0.1, -0.05) is 34.8 Å². The van der Waals surface area contributed by atoms with Crippen molar-refractivity contribution >= 4 is 45.6 Å². The van der Waals surface area contributed by atoms with E-state index in [1.165, 1.54) is 17.4 Å². The van der Waals surface area contributed by atoms with Gasteiger partial charge in [-0.15, -0.1) is 11.3 Å². The predicted molar refractivity (Wildman–Crippen MR) is 103 cm³/mol. The van der Waals surface area contributed by atoms with Crippen LogP contribution in [0.2, 0.25) is 10.0 Å². The van der Waals surface area contributed by atoms with Crippen LogP contribution in [-0.2, 0) is 0 Å². The third-order valence-corrected chi connectivity index (χ3v) is 4.97. The molecule has 0 fully saturated rings. The molecule has 0 atom stereocenters. The zero-order valence-electron chi connectivity index (χ0n) is 13.8. The molecule has 0 aliphatic heterocycles. The van der Waals surface area contributed by atoms with Gasteiger partial charge in [-0.05, 0) is 31.2 Å². The number of anilines is 1. The lowest BCUT2D eigenvalue weighted by Gasteiger charge is -2.07. The monoisotopic (exact) mass is 410 g/mol. The Morgan fingerprint density at radius 3 is 2.73 bits per heavy atom. The third kappa shape index (κ3) is 3.82. The van der Waals surface area contributed by atoms with E-state index in [4.69, 9.17) is 27.9 Å². The molecule has 0 bridgehead atoms. The standard InChI is InChI=1S/C18H13Cl2FN2O2S/c1-9-3-4-16(25-2)11(5-9)15-8-26-18(22-15)23-17(24)10-6-14(21)13(20)7-12(10)19/h3-8H,1-2H3,(H,22,23,24). The Morgan fingerprint density at radius 2 is 2.00 bits per heavy atom. The first-order valence-corrected chi connectivity index (χ1v) is 9.09. The Bertz CT molecular complexity index is 991. The van der Waals surface area contributed by atoms with E-state index >= 15 is 0 Å². The van der Waals surface area contributed by atoms with Gasteiger partial charge in [0.05, 0.1) is 28.4 Å². The lowest BCUT2D eigenvalue weighted by Crippen LogP contribution is -2.12. The number of hydrogen-bond acceptors (Lipinski definition) is 4. The molecule has 0 spiro atoms. The maximum absolute atomic E-state index is 13.6. The number of nitrogens with one attached hydrogen (secondary N) is 1. The second kappa shape index (κ2) is 7.61. The van der Waals surface area contributed by atoms with Crippen molar-refractivity contribution in [3.05, 3.63) is 62.7 Å². The fraction of sp³-hybridized carbons (Fsp3) is 0.111. The summed E-state index contributed by atoms with van der Waals surface area (Å²) in [5.74, 6) is -0.602.